The molecule has 0 atom stereocenters. The number of benzene rings is 2. The Kier molecular flexibility index (Phi) is 4.70. The zero-order valence-corrected chi connectivity index (χ0v) is 17.4. The maximum absolute atomic E-state index is 13.7. The first kappa shape index (κ1) is 19.9. The highest BCUT2D eigenvalue weighted by Crippen LogP contribution is 2.24. The van der Waals surface area contributed by atoms with Crippen LogP contribution in [0.3, 0.4) is 0 Å². The summed E-state index contributed by atoms with van der Waals surface area (Å²) in [7, 11) is 1.93. The number of amides is 1. The average Bonchev–Trinajstić information content (AvgIpc) is 3.24. The maximum Gasteiger partial charge on any atom is 0.272 e. The topological polar surface area (TPSA) is 64.7 Å². The number of nitrogens with zero attached hydrogens (tertiary/aromatic N) is 4. The van der Waals surface area contributed by atoms with E-state index in [1.165, 1.54) is 24.4 Å². The Labute approximate surface area is 182 Å². The van der Waals surface area contributed by atoms with Crippen LogP contribution in [0.2, 0.25) is 0 Å². The van der Waals surface area contributed by atoms with Gasteiger partial charge in [-0.1, -0.05) is 12.1 Å². The van der Waals surface area contributed by atoms with Crippen LogP contribution in [-0.2, 0) is 13.6 Å². The molecule has 0 unspecified atom stereocenters. The number of fused-ring (bicyclic) bond motifs is 2. The number of aromatic nitrogens is 4. The summed E-state index contributed by atoms with van der Waals surface area (Å²) in [5, 5.41) is 3.43. The van der Waals surface area contributed by atoms with Crippen molar-refractivity contribution in [2.45, 2.75) is 13.5 Å². The van der Waals surface area contributed by atoms with Crippen LogP contribution in [0.5, 0.6) is 0 Å². The van der Waals surface area contributed by atoms with Gasteiger partial charge in [0.1, 0.15) is 17.3 Å². The van der Waals surface area contributed by atoms with E-state index in [0.717, 1.165) is 16.9 Å². The van der Waals surface area contributed by atoms with E-state index in [4.69, 9.17) is 0 Å². The number of pyridine rings is 1. The number of hydrogen-bond donors (Lipinski definition) is 1. The van der Waals surface area contributed by atoms with Crippen molar-refractivity contribution >= 4 is 33.5 Å². The highest BCUT2D eigenvalue weighted by molar-refractivity contribution is 6.07. The van der Waals surface area contributed by atoms with Gasteiger partial charge in [-0.15, -0.1) is 0 Å². The zero-order valence-electron chi connectivity index (χ0n) is 17.4. The Bertz CT molecular complexity index is 1500. The van der Waals surface area contributed by atoms with Gasteiger partial charge in [-0.05, 0) is 48.9 Å². The summed E-state index contributed by atoms with van der Waals surface area (Å²) in [6.07, 6.45) is 1.38. The maximum atomic E-state index is 13.7. The number of rotatable bonds is 4. The Hall–Kier alpha value is -4.07. The highest BCUT2D eigenvalue weighted by Gasteiger charge is 2.18. The first-order chi connectivity index (χ1) is 15.4. The molecule has 0 radical (unpaired) electrons. The Morgan fingerprint density at radius 2 is 1.91 bits per heavy atom. The summed E-state index contributed by atoms with van der Waals surface area (Å²) in [6, 6.07) is 14.5. The standard InChI is InChI=1S/C24H19F2N5O/c1-14-28-19-11-18(6-7-20(19)30(14)2)29-24(32)21-9-16-10-23(26)27-12-22(16)31(21)13-15-4-3-5-17(25)8-15/h3-12H,13H2,1-2H3,(H,29,32). The lowest BCUT2D eigenvalue weighted by atomic mass is 10.2. The highest BCUT2D eigenvalue weighted by atomic mass is 19.1. The zero-order chi connectivity index (χ0) is 22.4. The molecule has 1 amide bonds. The summed E-state index contributed by atoms with van der Waals surface area (Å²) < 4.78 is 31.1. The van der Waals surface area contributed by atoms with Crippen LogP contribution < -0.4 is 5.32 Å². The van der Waals surface area contributed by atoms with Crippen molar-refractivity contribution in [1.82, 2.24) is 19.1 Å². The lowest BCUT2D eigenvalue weighted by Gasteiger charge is -2.12. The average molecular weight is 431 g/mol. The molecule has 0 bridgehead atoms. The van der Waals surface area contributed by atoms with Crippen molar-refractivity contribution in [1.29, 1.82) is 0 Å². The number of anilines is 1. The number of carbonyl (C=O) groups excluding carboxylic acids is 1. The third-order valence-electron chi connectivity index (χ3n) is 5.58. The summed E-state index contributed by atoms with van der Waals surface area (Å²) >= 11 is 0. The van der Waals surface area contributed by atoms with Gasteiger partial charge in [0.05, 0.1) is 22.7 Å². The number of imidazole rings is 1. The Morgan fingerprint density at radius 1 is 1.06 bits per heavy atom. The van der Waals surface area contributed by atoms with Crippen LogP contribution in [0.1, 0.15) is 21.9 Å². The van der Waals surface area contributed by atoms with Gasteiger partial charge >= 0.3 is 0 Å². The molecule has 0 saturated heterocycles. The summed E-state index contributed by atoms with van der Waals surface area (Å²) in [5.74, 6) is -0.505. The largest absolute Gasteiger partial charge is 0.331 e. The number of aryl methyl sites for hydroxylation is 2. The molecule has 0 aliphatic heterocycles. The number of nitrogens with one attached hydrogen (secondary N) is 1. The number of hydrogen-bond acceptors (Lipinski definition) is 3. The smallest absolute Gasteiger partial charge is 0.272 e. The molecule has 8 heteroatoms. The van der Waals surface area contributed by atoms with Gasteiger partial charge < -0.3 is 14.5 Å². The molecule has 3 aromatic heterocycles. The van der Waals surface area contributed by atoms with Crippen molar-refractivity contribution in [2.75, 3.05) is 5.32 Å². The van der Waals surface area contributed by atoms with E-state index in [0.29, 0.717) is 27.8 Å². The van der Waals surface area contributed by atoms with Gasteiger partial charge in [-0.2, -0.15) is 4.39 Å². The van der Waals surface area contributed by atoms with Gasteiger partial charge in [0.25, 0.3) is 5.91 Å². The molecule has 0 aliphatic carbocycles. The molecule has 6 nitrogen and oxygen atoms in total. The minimum absolute atomic E-state index is 0.232. The second kappa shape index (κ2) is 7.56. The molecule has 2 aromatic carbocycles. The third kappa shape index (κ3) is 3.49. The molecule has 0 spiro atoms. The fraction of sp³-hybridized carbons (Fsp3) is 0.125. The summed E-state index contributed by atoms with van der Waals surface area (Å²) in [5.41, 5.74) is 3.89. The summed E-state index contributed by atoms with van der Waals surface area (Å²) in [4.78, 5) is 21.4. The molecule has 32 heavy (non-hydrogen) atoms. The van der Waals surface area contributed by atoms with E-state index in [2.05, 4.69) is 15.3 Å². The molecule has 0 saturated carbocycles. The first-order valence-corrected chi connectivity index (χ1v) is 10.0. The molecule has 5 aromatic rings. The van der Waals surface area contributed by atoms with Crippen molar-refractivity contribution in [3.63, 3.8) is 0 Å². The minimum Gasteiger partial charge on any atom is -0.331 e. The van der Waals surface area contributed by atoms with E-state index >= 15 is 0 Å². The van der Waals surface area contributed by atoms with Crippen molar-refractivity contribution in [2.24, 2.45) is 7.05 Å². The van der Waals surface area contributed by atoms with Gasteiger partial charge in [-0.25, -0.2) is 14.4 Å². The molecule has 0 fully saturated rings. The second-order valence-corrected chi connectivity index (χ2v) is 7.69. The lowest BCUT2D eigenvalue weighted by Crippen LogP contribution is -2.17. The van der Waals surface area contributed by atoms with Crippen LogP contribution in [0.4, 0.5) is 14.5 Å². The summed E-state index contributed by atoms with van der Waals surface area (Å²) in [6.45, 7) is 2.14. The lowest BCUT2D eigenvalue weighted by molar-refractivity contribution is 0.101. The fourth-order valence-corrected chi connectivity index (χ4v) is 3.90. The Balaban J connectivity index is 1.54. The van der Waals surface area contributed by atoms with Crippen LogP contribution in [0, 0.1) is 18.7 Å². The molecular formula is C24H19F2N5O. The first-order valence-electron chi connectivity index (χ1n) is 10.0. The van der Waals surface area contributed by atoms with E-state index in [1.807, 2.05) is 30.7 Å². The predicted molar refractivity (Wildman–Crippen MR) is 119 cm³/mol. The van der Waals surface area contributed by atoms with Crippen LogP contribution in [0.15, 0.2) is 60.8 Å². The van der Waals surface area contributed by atoms with E-state index in [-0.39, 0.29) is 18.3 Å². The van der Waals surface area contributed by atoms with Crippen LogP contribution >= 0.6 is 0 Å². The third-order valence-corrected chi connectivity index (χ3v) is 5.58. The van der Waals surface area contributed by atoms with Crippen molar-refractivity contribution < 1.29 is 13.6 Å². The van der Waals surface area contributed by atoms with Gasteiger partial charge in [0.2, 0.25) is 5.95 Å². The normalized spacial score (nSPS) is 11.4. The van der Waals surface area contributed by atoms with Crippen LogP contribution in [0.25, 0.3) is 21.9 Å². The molecule has 1 N–H and O–H groups in total. The molecule has 3 heterocycles. The number of halogens is 2. The molecule has 160 valence electrons. The van der Waals surface area contributed by atoms with Gasteiger partial charge in [0.15, 0.2) is 0 Å². The van der Waals surface area contributed by atoms with E-state index < -0.39 is 5.95 Å². The van der Waals surface area contributed by atoms with E-state index in [9.17, 15) is 13.6 Å². The monoisotopic (exact) mass is 431 g/mol. The van der Waals surface area contributed by atoms with Crippen molar-refractivity contribution in [3.05, 3.63) is 89.6 Å². The quantitative estimate of drug-likeness (QED) is 0.416. The minimum atomic E-state index is -0.636. The van der Waals surface area contributed by atoms with Gasteiger partial charge in [0, 0.05) is 30.7 Å². The molecule has 0 aliphatic rings. The van der Waals surface area contributed by atoms with Crippen LogP contribution in [-0.4, -0.2) is 25.0 Å². The Morgan fingerprint density at radius 3 is 2.72 bits per heavy atom. The molecular weight excluding hydrogens is 412 g/mol. The predicted octanol–water partition coefficient (Wildman–Crippen LogP) is 4.81. The van der Waals surface area contributed by atoms with Gasteiger partial charge in [-0.3, -0.25) is 4.79 Å². The number of carbonyl (C=O) groups is 1. The molecule has 5 rings (SSSR count). The van der Waals surface area contributed by atoms with Crippen molar-refractivity contribution in [3.8, 4) is 0 Å². The second-order valence-electron chi connectivity index (χ2n) is 7.69. The fourth-order valence-electron chi connectivity index (χ4n) is 3.90. The SMILES string of the molecule is Cc1nc2cc(NC(=O)c3cc4cc(F)ncc4n3Cc3cccc(F)c3)ccc2n1C. The van der Waals surface area contributed by atoms with E-state index in [1.54, 1.807) is 28.8 Å².